The molecule has 0 saturated heterocycles. The van der Waals surface area contributed by atoms with Gasteiger partial charge in [0.05, 0.1) is 6.54 Å². The van der Waals surface area contributed by atoms with Crippen LogP contribution in [0.4, 0.5) is 4.39 Å². The van der Waals surface area contributed by atoms with Gasteiger partial charge in [0.15, 0.2) is 11.7 Å². The minimum atomic E-state index is -0.611. The molecule has 0 aliphatic carbocycles. The van der Waals surface area contributed by atoms with Gasteiger partial charge in [-0.25, -0.2) is 4.39 Å². The Morgan fingerprint density at radius 2 is 1.96 bits per heavy atom. The number of nitrogens with one attached hydrogen (secondary N) is 2. The van der Waals surface area contributed by atoms with Crippen LogP contribution >= 0.6 is 24.0 Å². The fraction of sp³-hybridized carbons (Fsp3) is 0.250. The third-order valence-corrected chi connectivity index (χ3v) is 3.25. The minimum Gasteiger partial charge on any atom is -0.454 e. The summed E-state index contributed by atoms with van der Waals surface area (Å²) in [5.41, 5.74) is 6.55. The van der Waals surface area contributed by atoms with Crippen molar-refractivity contribution in [2.75, 3.05) is 7.05 Å². The van der Waals surface area contributed by atoms with Gasteiger partial charge in [-0.05, 0) is 36.2 Å². The molecular formula is C16H20FIN4O2. The summed E-state index contributed by atoms with van der Waals surface area (Å²) in [6, 6.07) is 8.25. The highest BCUT2D eigenvalue weighted by Gasteiger charge is 2.07. The average Bonchev–Trinajstić information content (AvgIpc) is 3.00. The molecule has 2 rings (SSSR count). The van der Waals surface area contributed by atoms with Crippen LogP contribution in [0.25, 0.3) is 0 Å². The van der Waals surface area contributed by atoms with E-state index < -0.39 is 5.91 Å². The number of aliphatic imine (C=N–C) groups is 1. The van der Waals surface area contributed by atoms with E-state index in [4.69, 9.17) is 10.2 Å². The van der Waals surface area contributed by atoms with Gasteiger partial charge in [-0.3, -0.25) is 9.79 Å². The van der Waals surface area contributed by atoms with Crippen LogP contribution in [0.15, 0.2) is 39.7 Å². The number of carbonyl (C=O) groups is 1. The molecule has 0 spiro atoms. The van der Waals surface area contributed by atoms with Crippen LogP contribution in [0.2, 0.25) is 0 Å². The molecule has 1 aromatic carbocycles. The van der Waals surface area contributed by atoms with Gasteiger partial charge in [0, 0.05) is 13.6 Å². The Balaban J connectivity index is 0.00000288. The number of nitrogens with zero attached hydrogens (tertiary/aromatic N) is 1. The maximum absolute atomic E-state index is 13.5. The number of primary amides is 1. The molecule has 0 aliphatic heterocycles. The number of carbonyl (C=O) groups excluding carboxylic acids is 1. The Labute approximate surface area is 156 Å². The third-order valence-electron chi connectivity index (χ3n) is 3.25. The molecule has 0 fully saturated rings. The second-order valence-corrected chi connectivity index (χ2v) is 4.99. The number of aryl methyl sites for hydroxylation is 1. The molecule has 2 aromatic rings. The Kier molecular flexibility index (Phi) is 7.69. The Morgan fingerprint density at radius 1 is 1.25 bits per heavy atom. The van der Waals surface area contributed by atoms with Crippen molar-refractivity contribution in [3.63, 3.8) is 0 Å². The first-order valence-corrected chi connectivity index (χ1v) is 7.07. The van der Waals surface area contributed by atoms with Crippen LogP contribution in [-0.2, 0) is 13.1 Å². The SMILES string of the molecule is CN=C(NCc1ccc(C)c(F)c1)NCc1ccc(C(N)=O)o1.I. The smallest absolute Gasteiger partial charge is 0.284 e. The van der Waals surface area contributed by atoms with Crippen molar-refractivity contribution < 1.29 is 13.6 Å². The average molecular weight is 446 g/mol. The van der Waals surface area contributed by atoms with Crippen LogP contribution in [0.3, 0.4) is 0 Å². The molecule has 6 nitrogen and oxygen atoms in total. The first kappa shape index (κ1) is 19.9. The summed E-state index contributed by atoms with van der Waals surface area (Å²) < 4.78 is 18.8. The van der Waals surface area contributed by atoms with Crippen molar-refractivity contribution in [1.29, 1.82) is 0 Å². The molecule has 0 saturated carbocycles. The fourth-order valence-electron chi connectivity index (χ4n) is 1.93. The molecule has 24 heavy (non-hydrogen) atoms. The van der Waals surface area contributed by atoms with Crippen molar-refractivity contribution >= 4 is 35.8 Å². The topological polar surface area (TPSA) is 92.6 Å². The maximum Gasteiger partial charge on any atom is 0.284 e. The molecule has 1 aromatic heterocycles. The molecule has 0 atom stereocenters. The molecule has 130 valence electrons. The number of hydrogen-bond donors (Lipinski definition) is 3. The predicted molar refractivity (Wildman–Crippen MR) is 101 cm³/mol. The zero-order chi connectivity index (χ0) is 16.8. The van der Waals surface area contributed by atoms with E-state index >= 15 is 0 Å². The Morgan fingerprint density at radius 3 is 2.54 bits per heavy atom. The van der Waals surface area contributed by atoms with Crippen molar-refractivity contribution in [1.82, 2.24) is 10.6 Å². The lowest BCUT2D eigenvalue weighted by Gasteiger charge is -2.11. The van der Waals surface area contributed by atoms with Crippen LogP contribution in [-0.4, -0.2) is 18.9 Å². The van der Waals surface area contributed by atoms with Crippen LogP contribution < -0.4 is 16.4 Å². The van der Waals surface area contributed by atoms with Crippen molar-refractivity contribution in [2.24, 2.45) is 10.7 Å². The van der Waals surface area contributed by atoms with E-state index in [0.29, 0.717) is 30.4 Å². The van der Waals surface area contributed by atoms with E-state index in [0.717, 1.165) is 5.56 Å². The summed E-state index contributed by atoms with van der Waals surface area (Å²) in [5.74, 6) is 0.355. The Hall–Kier alpha value is -2.10. The van der Waals surface area contributed by atoms with Gasteiger partial charge < -0.3 is 20.8 Å². The number of nitrogens with two attached hydrogens (primary N) is 1. The van der Waals surface area contributed by atoms with E-state index in [1.54, 1.807) is 26.1 Å². The monoisotopic (exact) mass is 446 g/mol. The first-order valence-electron chi connectivity index (χ1n) is 7.07. The summed E-state index contributed by atoms with van der Waals surface area (Å²) in [7, 11) is 1.63. The number of furan rings is 1. The Bertz CT molecular complexity index is 731. The zero-order valence-electron chi connectivity index (χ0n) is 13.4. The number of halogens is 2. The van der Waals surface area contributed by atoms with E-state index in [2.05, 4.69) is 15.6 Å². The molecule has 4 N–H and O–H groups in total. The van der Waals surface area contributed by atoms with Crippen LogP contribution in [0.1, 0.15) is 27.4 Å². The van der Waals surface area contributed by atoms with Crippen molar-refractivity contribution in [3.8, 4) is 0 Å². The van der Waals surface area contributed by atoms with Crippen molar-refractivity contribution in [2.45, 2.75) is 20.0 Å². The van der Waals surface area contributed by atoms with Gasteiger partial charge in [-0.1, -0.05) is 12.1 Å². The lowest BCUT2D eigenvalue weighted by atomic mass is 10.1. The van der Waals surface area contributed by atoms with E-state index in [9.17, 15) is 9.18 Å². The fourth-order valence-corrected chi connectivity index (χ4v) is 1.93. The highest BCUT2D eigenvalue weighted by atomic mass is 127. The first-order chi connectivity index (χ1) is 11.0. The molecule has 0 unspecified atom stereocenters. The van der Waals surface area contributed by atoms with E-state index in [1.165, 1.54) is 12.1 Å². The highest BCUT2D eigenvalue weighted by molar-refractivity contribution is 14.0. The molecule has 0 aliphatic rings. The van der Waals surface area contributed by atoms with Gasteiger partial charge >= 0.3 is 0 Å². The zero-order valence-corrected chi connectivity index (χ0v) is 15.8. The van der Waals surface area contributed by atoms with Gasteiger partial charge in [0.25, 0.3) is 5.91 Å². The summed E-state index contributed by atoms with van der Waals surface area (Å²) >= 11 is 0. The largest absolute Gasteiger partial charge is 0.454 e. The summed E-state index contributed by atoms with van der Waals surface area (Å²) in [6.45, 7) is 2.49. The lowest BCUT2D eigenvalue weighted by Crippen LogP contribution is -2.36. The van der Waals surface area contributed by atoms with Crippen LogP contribution in [0.5, 0.6) is 0 Å². The molecule has 1 heterocycles. The molecule has 0 bridgehead atoms. The lowest BCUT2D eigenvalue weighted by molar-refractivity contribution is 0.0972. The van der Waals surface area contributed by atoms with E-state index in [1.807, 2.05) is 6.07 Å². The second-order valence-electron chi connectivity index (χ2n) is 4.99. The molecule has 1 amide bonds. The number of hydrogen-bond acceptors (Lipinski definition) is 3. The molecule has 0 radical (unpaired) electrons. The normalized spacial score (nSPS) is 10.9. The number of guanidine groups is 1. The summed E-state index contributed by atoms with van der Waals surface area (Å²) in [5, 5.41) is 6.10. The number of benzene rings is 1. The quantitative estimate of drug-likeness (QED) is 0.374. The summed E-state index contributed by atoms with van der Waals surface area (Å²) in [6.07, 6.45) is 0. The molecule has 8 heteroatoms. The van der Waals surface area contributed by atoms with Gasteiger partial charge in [-0.2, -0.15) is 0 Å². The van der Waals surface area contributed by atoms with Gasteiger partial charge in [0.1, 0.15) is 11.6 Å². The van der Waals surface area contributed by atoms with Gasteiger partial charge in [0.2, 0.25) is 0 Å². The summed E-state index contributed by atoms with van der Waals surface area (Å²) in [4.78, 5) is 15.0. The third kappa shape index (κ3) is 5.52. The minimum absolute atomic E-state index is 0. The standard InChI is InChI=1S/C16H19FN4O2.HI/c1-10-3-4-11(7-13(10)17)8-20-16(19-2)21-9-12-5-6-14(23-12)15(18)22;/h3-7H,8-9H2,1-2H3,(H2,18,22)(H2,19,20,21);1H. The van der Waals surface area contributed by atoms with E-state index in [-0.39, 0.29) is 35.6 Å². The maximum atomic E-state index is 13.5. The second kappa shape index (κ2) is 9.26. The predicted octanol–water partition coefficient (Wildman–Crippen LogP) is 2.31. The number of rotatable bonds is 5. The number of amides is 1. The van der Waals surface area contributed by atoms with Gasteiger partial charge in [-0.15, -0.1) is 24.0 Å². The molecular weight excluding hydrogens is 426 g/mol. The van der Waals surface area contributed by atoms with Crippen LogP contribution in [0, 0.1) is 12.7 Å². The highest BCUT2D eigenvalue weighted by Crippen LogP contribution is 2.09. The van der Waals surface area contributed by atoms with Crippen molar-refractivity contribution in [3.05, 3.63) is 58.8 Å².